The van der Waals surface area contributed by atoms with E-state index in [9.17, 15) is 14.4 Å². The monoisotopic (exact) mass is 247 g/mol. The van der Waals surface area contributed by atoms with Crippen LogP contribution >= 0.6 is 0 Å². The minimum atomic E-state index is -1.24. The summed E-state index contributed by atoms with van der Waals surface area (Å²) in [6.45, 7) is 1.21. The van der Waals surface area contributed by atoms with E-state index in [1.54, 1.807) is 6.92 Å². The van der Waals surface area contributed by atoms with E-state index in [1.807, 2.05) is 0 Å². The van der Waals surface area contributed by atoms with Crippen LogP contribution in [0.1, 0.15) is 19.8 Å². The van der Waals surface area contributed by atoms with Crippen LogP contribution in [0.4, 0.5) is 4.79 Å². The maximum Gasteiger partial charge on any atom is 0.326 e. The zero-order chi connectivity index (χ0) is 13.4. The summed E-state index contributed by atoms with van der Waals surface area (Å²) in [6, 6.07) is -2.38. The van der Waals surface area contributed by atoms with Crippen molar-refractivity contribution >= 4 is 17.9 Å². The second-order valence-electron chi connectivity index (χ2n) is 3.59. The van der Waals surface area contributed by atoms with Gasteiger partial charge in [0.1, 0.15) is 6.04 Å². The average Bonchev–Trinajstić information content (AvgIpc) is 2.14. The first kappa shape index (κ1) is 15.2. The number of aliphatic hydroxyl groups excluding tert-OH is 1. The summed E-state index contributed by atoms with van der Waals surface area (Å²) in [5, 5.41) is 21.8. The number of amides is 3. The van der Waals surface area contributed by atoms with Crippen LogP contribution in [0.2, 0.25) is 0 Å². The number of urea groups is 1. The molecule has 2 atom stereocenters. The van der Waals surface area contributed by atoms with Crippen molar-refractivity contribution in [2.24, 2.45) is 5.73 Å². The number of nitrogens with two attached hydrogens (primary N) is 1. The van der Waals surface area contributed by atoms with Gasteiger partial charge in [0.15, 0.2) is 0 Å². The molecule has 0 aromatic carbocycles. The van der Waals surface area contributed by atoms with Crippen molar-refractivity contribution in [2.75, 3.05) is 6.61 Å². The maximum atomic E-state index is 11.3. The number of carboxylic acid groups (broad SMARTS) is 1. The molecule has 8 nitrogen and oxygen atoms in total. The highest BCUT2D eigenvalue weighted by Gasteiger charge is 2.20. The van der Waals surface area contributed by atoms with Gasteiger partial charge in [-0.05, 0) is 6.92 Å². The molecule has 6 N–H and O–H groups in total. The predicted molar refractivity (Wildman–Crippen MR) is 58.1 cm³/mol. The van der Waals surface area contributed by atoms with Crippen LogP contribution in [-0.2, 0) is 9.59 Å². The normalized spacial score (nSPS) is 13.5. The summed E-state index contributed by atoms with van der Waals surface area (Å²) in [6.07, 6.45) is -0.127. The fraction of sp³-hybridized carbons (Fsp3) is 0.667. The van der Waals surface area contributed by atoms with Gasteiger partial charge in [-0.2, -0.15) is 0 Å². The Labute approximate surface area is 98.2 Å². The Kier molecular flexibility index (Phi) is 6.64. The minimum Gasteiger partial charge on any atom is -0.480 e. The SMILES string of the molecule is CC(CC(N)=O)NC(=O)NC(CCO)C(=O)O. The van der Waals surface area contributed by atoms with Crippen LogP contribution in [-0.4, -0.2) is 46.8 Å². The van der Waals surface area contributed by atoms with Gasteiger partial charge in [-0.1, -0.05) is 0 Å². The van der Waals surface area contributed by atoms with Gasteiger partial charge >= 0.3 is 12.0 Å². The van der Waals surface area contributed by atoms with Gasteiger partial charge in [0, 0.05) is 25.5 Å². The van der Waals surface area contributed by atoms with Gasteiger partial charge in [-0.15, -0.1) is 0 Å². The number of rotatable bonds is 7. The van der Waals surface area contributed by atoms with E-state index < -0.39 is 30.0 Å². The van der Waals surface area contributed by atoms with Gasteiger partial charge in [0.25, 0.3) is 0 Å². The highest BCUT2D eigenvalue weighted by atomic mass is 16.4. The number of hydrogen-bond donors (Lipinski definition) is 5. The number of primary amides is 1. The molecule has 0 radical (unpaired) electrons. The zero-order valence-electron chi connectivity index (χ0n) is 9.47. The summed E-state index contributed by atoms with van der Waals surface area (Å²) >= 11 is 0. The molecule has 2 unspecified atom stereocenters. The molecule has 0 saturated heterocycles. The lowest BCUT2D eigenvalue weighted by atomic mass is 10.2. The second-order valence-corrected chi connectivity index (χ2v) is 3.59. The van der Waals surface area contributed by atoms with Gasteiger partial charge in [0.2, 0.25) is 5.91 Å². The van der Waals surface area contributed by atoms with Crippen LogP contribution in [0, 0.1) is 0 Å². The summed E-state index contributed by atoms with van der Waals surface area (Å²) in [5.74, 6) is -1.81. The topological polar surface area (TPSA) is 142 Å². The number of aliphatic carboxylic acids is 1. The van der Waals surface area contributed by atoms with Crippen molar-refractivity contribution < 1.29 is 24.6 Å². The average molecular weight is 247 g/mol. The molecule has 0 aliphatic carbocycles. The first-order valence-corrected chi connectivity index (χ1v) is 5.05. The number of aliphatic hydroxyl groups is 1. The molecule has 0 aliphatic rings. The molecule has 0 spiro atoms. The second kappa shape index (κ2) is 7.44. The number of carbonyl (C=O) groups is 3. The highest BCUT2D eigenvalue weighted by Crippen LogP contribution is 1.93. The highest BCUT2D eigenvalue weighted by molar-refractivity contribution is 5.83. The molecule has 0 heterocycles. The first-order valence-electron chi connectivity index (χ1n) is 5.05. The standard InChI is InChI=1S/C9H17N3O5/c1-5(4-7(10)14)11-9(17)12-6(2-3-13)8(15)16/h5-6,13H,2-4H2,1H3,(H2,10,14)(H,15,16)(H2,11,12,17). The number of nitrogens with one attached hydrogen (secondary N) is 2. The Morgan fingerprint density at radius 1 is 1.29 bits per heavy atom. The third-order valence-electron chi connectivity index (χ3n) is 1.91. The van der Waals surface area contributed by atoms with Crippen molar-refractivity contribution in [1.82, 2.24) is 10.6 Å². The van der Waals surface area contributed by atoms with Crippen molar-refractivity contribution in [2.45, 2.75) is 31.8 Å². The predicted octanol–water partition coefficient (Wildman–Crippen LogP) is -1.61. The molecule has 0 aliphatic heterocycles. The molecule has 0 saturated carbocycles. The largest absolute Gasteiger partial charge is 0.480 e. The molecular formula is C9H17N3O5. The van der Waals surface area contributed by atoms with E-state index >= 15 is 0 Å². The van der Waals surface area contributed by atoms with Gasteiger partial charge in [-0.3, -0.25) is 4.79 Å². The van der Waals surface area contributed by atoms with Gasteiger partial charge < -0.3 is 26.6 Å². The molecule has 0 fully saturated rings. The fourth-order valence-corrected chi connectivity index (χ4v) is 1.16. The molecule has 0 rings (SSSR count). The lowest BCUT2D eigenvalue weighted by molar-refractivity contribution is -0.139. The summed E-state index contributed by atoms with van der Waals surface area (Å²) < 4.78 is 0. The third kappa shape index (κ3) is 7.12. The number of hydrogen-bond acceptors (Lipinski definition) is 4. The van der Waals surface area contributed by atoms with Crippen molar-refractivity contribution in [3.05, 3.63) is 0 Å². The van der Waals surface area contributed by atoms with Crippen molar-refractivity contribution in [1.29, 1.82) is 0 Å². The Bertz CT molecular complexity index is 294. The Morgan fingerprint density at radius 2 is 1.88 bits per heavy atom. The van der Waals surface area contributed by atoms with Crippen LogP contribution < -0.4 is 16.4 Å². The van der Waals surface area contributed by atoms with Gasteiger partial charge in [0.05, 0.1) is 0 Å². The van der Waals surface area contributed by atoms with E-state index in [1.165, 1.54) is 0 Å². The van der Waals surface area contributed by atoms with Gasteiger partial charge in [-0.25, -0.2) is 9.59 Å². The summed E-state index contributed by atoms with van der Waals surface area (Å²) in [7, 11) is 0. The molecule has 8 heteroatoms. The first-order chi connectivity index (χ1) is 7.86. The zero-order valence-corrected chi connectivity index (χ0v) is 9.47. The smallest absolute Gasteiger partial charge is 0.326 e. The molecular weight excluding hydrogens is 230 g/mol. The Hall–Kier alpha value is -1.83. The molecule has 3 amide bonds. The van der Waals surface area contributed by atoms with E-state index in [0.29, 0.717) is 0 Å². The van der Waals surface area contributed by atoms with E-state index in [4.69, 9.17) is 15.9 Å². The third-order valence-corrected chi connectivity index (χ3v) is 1.91. The Morgan fingerprint density at radius 3 is 2.29 bits per heavy atom. The molecule has 0 aromatic rings. The van der Waals surface area contributed by atoms with E-state index in [2.05, 4.69) is 10.6 Å². The summed E-state index contributed by atoms with van der Waals surface area (Å²) in [5.41, 5.74) is 4.93. The summed E-state index contributed by atoms with van der Waals surface area (Å²) in [4.78, 5) is 32.5. The maximum absolute atomic E-state index is 11.3. The number of carboxylic acids is 1. The molecule has 0 aromatic heterocycles. The quantitative estimate of drug-likeness (QED) is 0.367. The van der Waals surface area contributed by atoms with Crippen molar-refractivity contribution in [3.8, 4) is 0 Å². The number of carbonyl (C=O) groups excluding carboxylic acids is 2. The lowest BCUT2D eigenvalue weighted by Gasteiger charge is -2.16. The molecule has 98 valence electrons. The molecule has 0 bridgehead atoms. The van der Waals surface area contributed by atoms with E-state index in [0.717, 1.165) is 0 Å². The van der Waals surface area contributed by atoms with E-state index in [-0.39, 0.29) is 19.4 Å². The lowest BCUT2D eigenvalue weighted by Crippen LogP contribution is -2.49. The fourth-order valence-electron chi connectivity index (χ4n) is 1.16. The van der Waals surface area contributed by atoms with Crippen LogP contribution in [0.25, 0.3) is 0 Å². The van der Waals surface area contributed by atoms with Crippen molar-refractivity contribution in [3.63, 3.8) is 0 Å². The van der Waals surface area contributed by atoms with Crippen LogP contribution in [0.5, 0.6) is 0 Å². The minimum absolute atomic E-state index is 0.0365. The molecule has 17 heavy (non-hydrogen) atoms. The Balaban J connectivity index is 4.14. The van der Waals surface area contributed by atoms with Crippen LogP contribution in [0.3, 0.4) is 0 Å². The van der Waals surface area contributed by atoms with Crippen LogP contribution in [0.15, 0.2) is 0 Å².